The van der Waals surface area contributed by atoms with Crippen LogP contribution in [0.1, 0.15) is 20.3 Å². The van der Waals surface area contributed by atoms with E-state index in [1.165, 1.54) is 0 Å². The standard InChI is InChI=1S/C11H24N2O3/c1-9(2)10(4-6-14)13-11(15)8-12-5-7-16-3/h9-10,12,14H,4-8H2,1-3H3,(H,13,15). The lowest BCUT2D eigenvalue weighted by molar-refractivity contribution is -0.121. The Morgan fingerprint density at radius 2 is 2.12 bits per heavy atom. The predicted octanol–water partition coefficient (Wildman–Crippen LogP) is -0.254. The van der Waals surface area contributed by atoms with E-state index in [1.54, 1.807) is 7.11 Å². The Labute approximate surface area is 97.6 Å². The maximum absolute atomic E-state index is 11.5. The van der Waals surface area contributed by atoms with Gasteiger partial charge in [0.15, 0.2) is 0 Å². The minimum Gasteiger partial charge on any atom is -0.396 e. The fraction of sp³-hybridized carbons (Fsp3) is 0.909. The van der Waals surface area contributed by atoms with Crippen LogP contribution in [0.15, 0.2) is 0 Å². The Hall–Kier alpha value is -0.650. The van der Waals surface area contributed by atoms with Crippen LogP contribution in [-0.4, -0.2) is 50.5 Å². The molecule has 1 unspecified atom stereocenters. The molecule has 0 aliphatic rings. The first kappa shape index (κ1) is 15.3. The fourth-order valence-corrected chi connectivity index (χ4v) is 1.35. The third-order valence-electron chi connectivity index (χ3n) is 2.36. The first-order valence-corrected chi connectivity index (χ1v) is 5.71. The molecule has 0 saturated heterocycles. The van der Waals surface area contributed by atoms with Gasteiger partial charge in [-0.05, 0) is 12.3 Å². The normalized spacial score (nSPS) is 12.8. The van der Waals surface area contributed by atoms with Crippen LogP contribution in [0.3, 0.4) is 0 Å². The summed E-state index contributed by atoms with van der Waals surface area (Å²) in [7, 11) is 1.62. The molecule has 0 bridgehead atoms. The molecule has 3 N–H and O–H groups in total. The van der Waals surface area contributed by atoms with Crippen molar-refractivity contribution in [1.82, 2.24) is 10.6 Å². The summed E-state index contributed by atoms with van der Waals surface area (Å²) < 4.78 is 4.85. The van der Waals surface area contributed by atoms with Gasteiger partial charge in [-0.15, -0.1) is 0 Å². The molecule has 5 nitrogen and oxygen atoms in total. The molecule has 0 aliphatic carbocycles. The minimum absolute atomic E-state index is 0.0387. The van der Waals surface area contributed by atoms with Gasteiger partial charge < -0.3 is 20.5 Å². The van der Waals surface area contributed by atoms with Crippen LogP contribution in [0.5, 0.6) is 0 Å². The van der Waals surface area contributed by atoms with Gasteiger partial charge in [-0.25, -0.2) is 0 Å². The van der Waals surface area contributed by atoms with E-state index in [-0.39, 0.29) is 25.1 Å². The van der Waals surface area contributed by atoms with E-state index in [2.05, 4.69) is 10.6 Å². The second-order valence-electron chi connectivity index (χ2n) is 4.10. The van der Waals surface area contributed by atoms with E-state index < -0.39 is 0 Å². The molecule has 0 aromatic heterocycles. The van der Waals surface area contributed by atoms with Crippen molar-refractivity contribution in [2.75, 3.05) is 33.4 Å². The first-order valence-electron chi connectivity index (χ1n) is 5.71. The summed E-state index contributed by atoms with van der Waals surface area (Å²) in [6, 6.07) is 0.0433. The highest BCUT2D eigenvalue weighted by atomic mass is 16.5. The molecule has 0 saturated carbocycles. The van der Waals surface area contributed by atoms with Gasteiger partial charge >= 0.3 is 0 Å². The molecule has 1 atom stereocenters. The van der Waals surface area contributed by atoms with Gasteiger partial charge in [-0.2, -0.15) is 0 Å². The number of ether oxygens (including phenoxy) is 1. The van der Waals surface area contributed by atoms with E-state index >= 15 is 0 Å². The number of rotatable bonds is 9. The monoisotopic (exact) mass is 232 g/mol. The van der Waals surface area contributed by atoms with E-state index in [0.717, 1.165) is 0 Å². The quantitative estimate of drug-likeness (QED) is 0.479. The van der Waals surface area contributed by atoms with Crippen LogP contribution >= 0.6 is 0 Å². The summed E-state index contributed by atoms with van der Waals surface area (Å²) >= 11 is 0. The predicted molar refractivity (Wildman–Crippen MR) is 63.2 cm³/mol. The van der Waals surface area contributed by atoms with Crippen LogP contribution in [0.25, 0.3) is 0 Å². The maximum atomic E-state index is 11.5. The van der Waals surface area contributed by atoms with E-state index in [1.807, 2.05) is 13.8 Å². The number of aliphatic hydroxyl groups is 1. The third-order valence-corrected chi connectivity index (χ3v) is 2.36. The van der Waals surface area contributed by atoms with Crippen molar-refractivity contribution in [3.8, 4) is 0 Å². The van der Waals surface area contributed by atoms with Gasteiger partial charge in [0, 0.05) is 26.3 Å². The second kappa shape index (κ2) is 9.57. The molecule has 0 spiro atoms. The SMILES string of the molecule is COCCNCC(=O)NC(CCO)C(C)C. The van der Waals surface area contributed by atoms with Gasteiger partial charge in [0.1, 0.15) is 0 Å². The lowest BCUT2D eigenvalue weighted by Gasteiger charge is -2.21. The minimum atomic E-state index is -0.0387. The summed E-state index contributed by atoms with van der Waals surface area (Å²) in [5.74, 6) is 0.290. The fourth-order valence-electron chi connectivity index (χ4n) is 1.35. The van der Waals surface area contributed by atoms with Crippen molar-refractivity contribution in [1.29, 1.82) is 0 Å². The van der Waals surface area contributed by atoms with Gasteiger partial charge in [-0.3, -0.25) is 4.79 Å². The molecular weight excluding hydrogens is 208 g/mol. The Kier molecular flexibility index (Phi) is 9.18. The number of methoxy groups -OCH3 is 1. The number of amides is 1. The highest BCUT2D eigenvalue weighted by molar-refractivity contribution is 5.78. The molecule has 96 valence electrons. The van der Waals surface area contributed by atoms with Crippen LogP contribution in [0, 0.1) is 5.92 Å². The molecule has 16 heavy (non-hydrogen) atoms. The average Bonchev–Trinajstić information content (AvgIpc) is 2.23. The zero-order valence-electron chi connectivity index (χ0n) is 10.5. The van der Waals surface area contributed by atoms with Crippen molar-refractivity contribution < 1.29 is 14.6 Å². The molecule has 0 fully saturated rings. The highest BCUT2D eigenvalue weighted by Crippen LogP contribution is 2.04. The van der Waals surface area contributed by atoms with Crippen LogP contribution in [-0.2, 0) is 9.53 Å². The van der Waals surface area contributed by atoms with E-state index in [9.17, 15) is 4.79 Å². The van der Waals surface area contributed by atoms with E-state index in [4.69, 9.17) is 9.84 Å². The van der Waals surface area contributed by atoms with Crippen molar-refractivity contribution in [2.24, 2.45) is 5.92 Å². The van der Waals surface area contributed by atoms with Gasteiger partial charge in [0.2, 0.25) is 5.91 Å². The summed E-state index contributed by atoms with van der Waals surface area (Å²) in [5.41, 5.74) is 0. The van der Waals surface area contributed by atoms with E-state index in [0.29, 0.717) is 25.5 Å². The van der Waals surface area contributed by atoms with Gasteiger partial charge in [0.25, 0.3) is 0 Å². The molecule has 5 heteroatoms. The van der Waals surface area contributed by atoms with Gasteiger partial charge in [-0.1, -0.05) is 13.8 Å². The van der Waals surface area contributed by atoms with Crippen molar-refractivity contribution >= 4 is 5.91 Å². The van der Waals surface area contributed by atoms with Crippen molar-refractivity contribution in [3.05, 3.63) is 0 Å². The molecule has 0 aliphatic heterocycles. The number of carbonyl (C=O) groups is 1. The molecular formula is C11H24N2O3. The van der Waals surface area contributed by atoms with Crippen LogP contribution < -0.4 is 10.6 Å². The lowest BCUT2D eigenvalue weighted by atomic mass is 10.0. The van der Waals surface area contributed by atoms with Crippen LogP contribution in [0.2, 0.25) is 0 Å². The number of hydrogen-bond acceptors (Lipinski definition) is 4. The molecule has 0 aromatic carbocycles. The smallest absolute Gasteiger partial charge is 0.234 e. The summed E-state index contributed by atoms with van der Waals surface area (Å²) in [6.45, 7) is 5.70. The van der Waals surface area contributed by atoms with Crippen molar-refractivity contribution in [2.45, 2.75) is 26.3 Å². The number of hydrogen-bond donors (Lipinski definition) is 3. The second-order valence-corrected chi connectivity index (χ2v) is 4.10. The number of nitrogens with one attached hydrogen (secondary N) is 2. The maximum Gasteiger partial charge on any atom is 0.234 e. The molecule has 0 heterocycles. The Morgan fingerprint density at radius 1 is 1.44 bits per heavy atom. The molecule has 0 rings (SSSR count). The lowest BCUT2D eigenvalue weighted by Crippen LogP contribution is -2.43. The number of aliphatic hydroxyl groups excluding tert-OH is 1. The molecule has 1 amide bonds. The summed E-state index contributed by atoms with van der Waals surface area (Å²) in [5, 5.41) is 14.7. The number of carbonyl (C=O) groups excluding carboxylic acids is 1. The highest BCUT2D eigenvalue weighted by Gasteiger charge is 2.14. The zero-order valence-corrected chi connectivity index (χ0v) is 10.5. The zero-order chi connectivity index (χ0) is 12.4. The first-order chi connectivity index (χ1) is 7.61. The van der Waals surface area contributed by atoms with Crippen LogP contribution in [0.4, 0.5) is 0 Å². The van der Waals surface area contributed by atoms with Gasteiger partial charge in [0.05, 0.1) is 13.2 Å². The molecule has 0 radical (unpaired) electrons. The summed E-state index contributed by atoms with van der Waals surface area (Å²) in [4.78, 5) is 11.5. The Bertz CT molecular complexity index is 186. The molecule has 0 aromatic rings. The average molecular weight is 232 g/mol. The Morgan fingerprint density at radius 3 is 2.62 bits per heavy atom. The van der Waals surface area contributed by atoms with Crippen molar-refractivity contribution in [3.63, 3.8) is 0 Å². The summed E-state index contributed by atoms with van der Waals surface area (Å²) in [6.07, 6.45) is 0.599. The largest absolute Gasteiger partial charge is 0.396 e. The topological polar surface area (TPSA) is 70.6 Å². The Balaban J connectivity index is 3.73. The third kappa shape index (κ3) is 7.62.